The molecule has 0 atom stereocenters. The number of carbonyl (C=O) groups excluding carboxylic acids is 2. The highest BCUT2D eigenvalue weighted by molar-refractivity contribution is 6.69. The van der Waals surface area contributed by atoms with Crippen LogP contribution < -0.4 is 0 Å². The van der Waals surface area contributed by atoms with E-state index in [1.807, 2.05) is 0 Å². The summed E-state index contributed by atoms with van der Waals surface area (Å²) in [6.45, 7) is 3.58. The van der Waals surface area contributed by atoms with Crippen molar-refractivity contribution in [3.8, 4) is 0 Å². The quantitative estimate of drug-likeness (QED) is 0.672. The number of rotatable bonds is 2. The van der Waals surface area contributed by atoms with Crippen LogP contribution in [0.2, 0.25) is 0 Å². The topological polar surface area (TPSA) is 62.9 Å². The molecule has 1 aliphatic heterocycles. The van der Waals surface area contributed by atoms with Gasteiger partial charge in [-0.05, 0) is 26.0 Å². The Kier molecular flexibility index (Phi) is 2.15. The Bertz CT molecular complexity index is 432. The van der Waals surface area contributed by atoms with Crippen LogP contribution in [0.4, 0.5) is 0 Å². The van der Waals surface area contributed by atoms with Crippen molar-refractivity contribution in [1.29, 1.82) is 0 Å². The second-order valence-corrected chi connectivity index (χ2v) is 3.50. The summed E-state index contributed by atoms with van der Waals surface area (Å²) in [6, 6.07) is 3.12. The summed E-state index contributed by atoms with van der Waals surface area (Å²) in [5.41, 5.74) is 0.0821. The van der Waals surface area contributed by atoms with Gasteiger partial charge in [0.15, 0.2) is 11.5 Å². The number of Topliss-reactive ketones (excluding diaryl/α,β-unsaturated/α-hetero) is 1. The van der Waals surface area contributed by atoms with E-state index in [4.69, 9.17) is 4.42 Å². The molecular formula is C10H10N2O3. The molecule has 0 bridgehead atoms. The minimum absolute atomic E-state index is 0.0821. The second-order valence-electron chi connectivity index (χ2n) is 3.50. The smallest absolute Gasteiger partial charge is 0.317 e. The molecule has 78 valence electrons. The maximum Gasteiger partial charge on any atom is 0.317 e. The number of hydrazone groups is 1. The van der Waals surface area contributed by atoms with Crippen molar-refractivity contribution in [3.05, 3.63) is 24.2 Å². The van der Waals surface area contributed by atoms with Gasteiger partial charge in [-0.1, -0.05) is 0 Å². The zero-order chi connectivity index (χ0) is 11.0. The highest BCUT2D eigenvalue weighted by Crippen LogP contribution is 2.14. The minimum Gasteiger partial charge on any atom is -0.462 e. The van der Waals surface area contributed by atoms with Crippen LogP contribution in [0.15, 0.2) is 27.9 Å². The third kappa shape index (κ3) is 1.45. The van der Waals surface area contributed by atoms with Gasteiger partial charge in [-0.2, -0.15) is 5.10 Å². The number of amides is 1. The van der Waals surface area contributed by atoms with E-state index in [1.54, 1.807) is 26.0 Å². The van der Waals surface area contributed by atoms with Gasteiger partial charge in [0.05, 0.1) is 12.3 Å². The lowest BCUT2D eigenvalue weighted by Crippen LogP contribution is -2.32. The van der Waals surface area contributed by atoms with E-state index in [-0.39, 0.29) is 11.8 Å². The van der Waals surface area contributed by atoms with Gasteiger partial charge in [-0.25, -0.2) is 5.01 Å². The Morgan fingerprint density at radius 3 is 2.60 bits per heavy atom. The Balaban J connectivity index is 2.38. The van der Waals surface area contributed by atoms with Gasteiger partial charge >= 0.3 is 5.91 Å². The number of hydrogen-bond acceptors (Lipinski definition) is 4. The van der Waals surface area contributed by atoms with Crippen LogP contribution in [0.5, 0.6) is 0 Å². The molecule has 2 heterocycles. The summed E-state index contributed by atoms with van der Waals surface area (Å²) in [5, 5.41) is 5.12. The number of nitrogens with zero attached hydrogens (tertiary/aromatic N) is 2. The molecule has 0 saturated carbocycles. The molecule has 0 unspecified atom stereocenters. The molecule has 1 aliphatic rings. The molecule has 0 aliphatic carbocycles. The van der Waals surface area contributed by atoms with Crippen molar-refractivity contribution in [1.82, 2.24) is 5.01 Å². The first-order valence-electron chi connectivity index (χ1n) is 4.61. The molecule has 1 amide bonds. The number of furan rings is 1. The SMILES string of the molecule is CC(C)N1N=C(c2ccco2)C(=O)C1=O. The maximum atomic E-state index is 11.5. The largest absolute Gasteiger partial charge is 0.462 e. The van der Waals surface area contributed by atoms with E-state index in [0.29, 0.717) is 5.76 Å². The first kappa shape index (κ1) is 9.64. The molecule has 1 aromatic rings. The van der Waals surface area contributed by atoms with Gasteiger partial charge in [0.25, 0.3) is 5.78 Å². The van der Waals surface area contributed by atoms with Crippen molar-refractivity contribution in [3.63, 3.8) is 0 Å². The average Bonchev–Trinajstić information content (AvgIpc) is 2.77. The summed E-state index contributed by atoms with van der Waals surface area (Å²) < 4.78 is 5.03. The van der Waals surface area contributed by atoms with Gasteiger partial charge in [-0.3, -0.25) is 9.59 Å². The fraction of sp³-hybridized carbons (Fsp3) is 0.300. The molecular weight excluding hydrogens is 196 g/mol. The molecule has 5 heteroatoms. The van der Waals surface area contributed by atoms with Crippen LogP contribution in [-0.4, -0.2) is 28.5 Å². The Hall–Kier alpha value is -1.91. The van der Waals surface area contributed by atoms with Gasteiger partial charge in [-0.15, -0.1) is 0 Å². The van der Waals surface area contributed by atoms with Crippen molar-refractivity contribution < 1.29 is 14.0 Å². The summed E-state index contributed by atoms with van der Waals surface area (Å²) in [4.78, 5) is 23.0. The van der Waals surface area contributed by atoms with Crippen LogP contribution in [0.25, 0.3) is 0 Å². The van der Waals surface area contributed by atoms with Crippen molar-refractivity contribution in [2.45, 2.75) is 19.9 Å². The summed E-state index contributed by atoms with van der Waals surface area (Å²) in [6.07, 6.45) is 1.44. The van der Waals surface area contributed by atoms with E-state index < -0.39 is 11.7 Å². The van der Waals surface area contributed by atoms with E-state index in [9.17, 15) is 9.59 Å². The normalized spacial score (nSPS) is 16.5. The lowest BCUT2D eigenvalue weighted by Gasteiger charge is -2.13. The van der Waals surface area contributed by atoms with Gasteiger partial charge in [0.2, 0.25) is 0 Å². The molecule has 0 fully saturated rings. The van der Waals surface area contributed by atoms with Crippen LogP contribution in [-0.2, 0) is 9.59 Å². The maximum absolute atomic E-state index is 11.5. The first-order chi connectivity index (χ1) is 7.11. The lowest BCUT2D eigenvalue weighted by atomic mass is 10.2. The molecule has 15 heavy (non-hydrogen) atoms. The Morgan fingerprint density at radius 1 is 1.40 bits per heavy atom. The fourth-order valence-corrected chi connectivity index (χ4v) is 1.33. The first-order valence-corrected chi connectivity index (χ1v) is 4.61. The summed E-state index contributed by atoms with van der Waals surface area (Å²) in [7, 11) is 0. The highest BCUT2D eigenvalue weighted by Gasteiger charge is 2.37. The van der Waals surface area contributed by atoms with Gasteiger partial charge in [0, 0.05) is 0 Å². The number of hydrogen-bond donors (Lipinski definition) is 0. The molecule has 2 rings (SSSR count). The van der Waals surface area contributed by atoms with Crippen molar-refractivity contribution in [2.24, 2.45) is 5.10 Å². The zero-order valence-corrected chi connectivity index (χ0v) is 8.43. The van der Waals surface area contributed by atoms with Crippen molar-refractivity contribution >= 4 is 17.4 Å². The van der Waals surface area contributed by atoms with E-state index in [2.05, 4.69) is 5.10 Å². The summed E-state index contributed by atoms with van der Waals surface area (Å²) in [5.74, 6) is -0.883. The number of ketones is 1. The van der Waals surface area contributed by atoms with E-state index >= 15 is 0 Å². The summed E-state index contributed by atoms with van der Waals surface area (Å²) >= 11 is 0. The lowest BCUT2D eigenvalue weighted by molar-refractivity contribution is -0.140. The molecule has 0 saturated heterocycles. The van der Waals surface area contributed by atoms with Gasteiger partial charge < -0.3 is 4.42 Å². The molecule has 0 radical (unpaired) electrons. The molecule has 0 N–H and O–H groups in total. The standard InChI is InChI=1S/C10H10N2O3/c1-6(2)12-10(14)9(13)8(11-12)7-4-3-5-15-7/h3-6H,1-2H3. The van der Waals surface area contributed by atoms with Crippen molar-refractivity contribution in [2.75, 3.05) is 0 Å². The third-order valence-corrected chi connectivity index (χ3v) is 2.07. The minimum atomic E-state index is -0.612. The van der Waals surface area contributed by atoms with Gasteiger partial charge in [0.1, 0.15) is 0 Å². The average molecular weight is 206 g/mol. The van der Waals surface area contributed by atoms with Crippen LogP contribution in [0.1, 0.15) is 19.6 Å². The third-order valence-electron chi connectivity index (χ3n) is 2.07. The molecule has 0 aromatic carbocycles. The van der Waals surface area contributed by atoms with Crippen LogP contribution in [0, 0.1) is 0 Å². The second kappa shape index (κ2) is 3.34. The monoisotopic (exact) mass is 206 g/mol. The molecule has 0 spiro atoms. The molecule has 5 nitrogen and oxygen atoms in total. The van der Waals surface area contributed by atoms with Crippen LogP contribution >= 0.6 is 0 Å². The Labute approximate surface area is 86.4 Å². The van der Waals surface area contributed by atoms with Crippen LogP contribution in [0.3, 0.4) is 0 Å². The predicted octanol–water partition coefficient (Wildman–Crippen LogP) is 0.803. The number of carbonyl (C=O) groups is 2. The van der Waals surface area contributed by atoms with E-state index in [1.165, 1.54) is 11.3 Å². The zero-order valence-electron chi connectivity index (χ0n) is 8.43. The highest BCUT2D eigenvalue weighted by atomic mass is 16.3. The van der Waals surface area contributed by atoms with E-state index in [0.717, 1.165) is 0 Å². The predicted molar refractivity (Wildman–Crippen MR) is 52.2 cm³/mol. The Morgan fingerprint density at radius 2 is 2.13 bits per heavy atom. The fourth-order valence-electron chi connectivity index (χ4n) is 1.33. The molecule has 1 aromatic heterocycles.